The van der Waals surface area contributed by atoms with E-state index in [9.17, 15) is 9.59 Å². The fraction of sp³-hybridized carbons (Fsp3) is 0.455. The molecule has 1 aliphatic heterocycles. The highest BCUT2D eigenvalue weighted by Gasteiger charge is 2.36. The Balaban J connectivity index is 1.58. The van der Waals surface area contributed by atoms with Gasteiger partial charge in [-0.15, -0.1) is 0 Å². The van der Waals surface area contributed by atoms with Gasteiger partial charge in [0.05, 0.1) is 12.6 Å². The number of carbonyl (C=O) groups is 2. The zero-order valence-corrected chi connectivity index (χ0v) is 15.9. The number of fused-ring (bicyclic) bond motifs is 1. The molecule has 5 heteroatoms. The third-order valence-electron chi connectivity index (χ3n) is 5.53. The molecule has 1 aromatic heterocycles. The highest BCUT2D eigenvalue weighted by atomic mass is 16.2. The van der Waals surface area contributed by atoms with Gasteiger partial charge in [-0.25, -0.2) is 0 Å². The van der Waals surface area contributed by atoms with E-state index in [1.54, 1.807) is 4.90 Å². The summed E-state index contributed by atoms with van der Waals surface area (Å²) in [6.45, 7) is 4.35. The van der Waals surface area contributed by atoms with Crippen LogP contribution < -0.4 is 0 Å². The average Bonchev–Trinajstić information content (AvgIpc) is 3.43. The first-order chi connectivity index (χ1) is 13.2. The monoisotopic (exact) mass is 365 g/mol. The molecule has 2 aliphatic rings. The molecule has 5 nitrogen and oxygen atoms in total. The SMILES string of the molecule is CCCN(CC(=O)N1CCn2cccc2C1c1ccccc1)C(=O)C1CC1. The summed E-state index contributed by atoms with van der Waals surface area (Å²) in [5, 5.41) is 0. The Hall–Kier alpha value is -2.56. The van der Waals surface area contributed by atoms with E-state index < -0.39 is 0 Å². The number of carbonyl (C=O) groups excluding carboxylic acids is 2. The molecule has 1 unspecified atom stereocenters. The van der Waals surface area contributed by atoms with Gasteiger partial charge in [0.1, 0.15) is 0 Å². The average molecular weight is 365 g/mol. The van der Waals surface area contributed by atoms with Crippen LogP contribution in [-0.4, -0.2) is 45.8 Å². The summed E-state index contributed by atoms with van der Waals surface area (Å²) in [5.74, 6) is 0.341. The molecule has 2 heterocycles. The van der Waals surface area contributed by atoms with Crippen molar-refractivity contribution in [2.45, 2.75) is 38.8 Å². The maximum Gasteiger partial charge on any atom is 0.243 e. The minimum atomic E-state index is -0.0954. The molecule has 2 aromatic rings. The molecule has 0 bridgehead atoms. The Bertz CT molecular complexity index is 810. The number of benzene rings is 1. The van der Waals surface area contributed by atoms with Crippen molar-refractivity contribution in [1.82, 2.24) is 14.4 Å². The Kier molecular flexibility index (Phi) is 5.01. The van der Waals surface area contributed by atoms with Gasteiger partial charge in [-0.3, -0.25) is 9.59 Å². The van der Waals surface area contributed by atoms with E-state index in [0.717, 1.165) is 37.1 Å². The standard InChI is InChI=1S/C22H27N3O2/c1-2-12-24(22(27)18-10-11-18)16-20(26)25-15-14-23-13-6-9-19(23)21(25)17-7-4-3-5-8-17/h3-9,13,18,21H,2,10-12,14-16H2,1H3. The summed E-state index contributed by atoms with van der Waals surface area (Å²) in [6.07, 6.45) is 4.89. The maximum atomic E-state index is 13.3. The van der Waals surface area contributed by atoms with Crippen LogP contribution in [0.3, 0.4) is 0 Å². The van der Waals surface area contributed by atoms with Crippen LogP contribution in [0.5, 0.6) is 0 Å². The van der Waals surface area contributed by atoms with Crippen molar-refractivity contribution in [3.05, 3.63) is 59.9 Å². The molecule has 4 rings (SSSR count). The van der Waals surface area contributed by atoms with Crippen molar-refractivity contribution >= 4 is 11.8 Å². The van der Waals surface area contributed by atoms with Crippen molar-refractivity contribution in [1.29, 1.82) is 0 Å². The molecule has 1 aromatic carbocycles. The summed E-state index contributed by atoms with van der Waals surface area (Å²) < 4.78 is 2.22. The second-order valence-electron chi connectivity index (χ2n) is 7.56. The first kappa shape index (κ1) is 17.8. The second kappa shape index (κ2) is 7.59. The van der Waals surface area contributed by atoms with Crippen molar-refractivity contribution < 1.29 is 9.59 Å². The van der Waals surface area contributed by atoms with Gasteiger partial charge in [-0.2, -0.15) is 0 Å². The number of nitrogens with zero attached hydrogens (tertiary/aromatic N) is 3. The number of hydrogen-bond donors (Lipinski definition) is 0. The smallest absolute Gasteiger partial charge is 0.243 e. The van der Waals surface area contributed by atoms with Crippen LogP contribution in [-0.2, 0) is 16.1 Å². The largest absolute Gasteiger partial charge is 0.348 e. The predicted octanol–water partition coefficient (Wildman–Crippen LogP) is 3.07. The van der Waals surface area contributed by atoms with Crippen molar-refractivity contribution in [3.8, 4) is 0 Å². The Morgan fingerprint density at radius 1 is 1.07 bits per heavy atom. The Morgan fingerprint density at radius 2 is 1.85 bits per heavy atom. The summed E-state index contributed by atoms with van der Waals surface area (Å²) in [5.41, 5.74) is 2.25. The van der Waals surface area contributed by atoms with Crippen molar-refractivity contribution in [2.75, 3.05) is 19.6 Å². The Morgan fingerprint density at radius 3 is 2.56 bits per heavy atom. The molecule has 142 valence electrons. The van der Waals surface area contributed by atoms with Crippen LogP contribution in [0, 0.1) is 5.92 Å². The fourth-order valence-corrected chi connectivity index (χ4v) is 4.02. The minimum absolute atomic E-state index is 0.0405. The normalized spacial score (nSPS) is 18.9. The maximum absolute atomic E-state index is 13.3. The van der Waals surface area contributed by atoms with E-state index in [-0.39, 0.29) is 30.3 Å². The summed E-state index contributed by atoms with van der Waals surface area (Å²) in [6, 6.07) is 14.2. The second-order valence-corrected chi connectivity index (χ2v) is 7.56. The Labute approximate surface area is 160 Å². The molecule has 1 aliphatic carbocycles. The van der Waals surface area contributed by atoms with E-state index in [0.29, 0.717) is 13.1 Å². The fourth-order valence-electron chi connectivity index (χ4n) is 4.02. The van der Waals surface area contributed by atoms with Gasteiger partial charge in [0.15, 0.2) is 0 Å². The lowest BCUT2D eigenvalue weighted by molar-refractivity contribution is -0.142. The molecule has 0 spiro atoms. The molecule has 0 radical (unpaired) electrons. The van der Waals surface area contributed by atoms with Gasteiger partial charge in [0.25, 0.3) is 0 Å². The number of rotatable bonds is 6. The molecule has 1 atom stereocenters. The minimum Gasteiger partial charge on any atom is -0.348 e. The topological polar surface area (TPSA) is 45.6 Å². The van der Waals surface area contributed by atoms with Crippen LogP contribution in [0.2, 0.25) is 0 Å². The van der Waals surface area contributed by atoms with Crippen molar-refractivity contribution in [3.63, 3.8) is 0 Å². The zero-order chi connectivity index (χ0) is 18.8. The molecule has 27 heavy (non-hydrogen) atoms. The summed E-state index contributed by atoms with van der Waals surface area (Å²) in [4.78, 5) is 29.6. The summed E-state index contributed by atoms with van der Waals surface area (Å²) >= 11 is 0. The van der Waals surface area contributed by atoms with E-state index in [1.165, 1.54) is 0 Å². The highest BCUT2D eigenvalue weighted by Crippen LogP contribution is 2.33. The molecule has 1 saturated carbocycles. The van der Waals surface area contributed by atoms with Crippen LogP contribution in [0.15, 0.2) is 48.7 Å². The number of hydrogen-bond acceptors (Lipinski definition) is 2. The number of amides is 2. The van der Waals surface area contributed by atoms with Gasteiger partial charge in [-0.05, 0) is 37.0 Å². The first-order valence-electron chi connectivity index (χ1n) is 9.97. The quantitative estimate of drug-likeness (QED) is 0.790. The molecular formula is C22H27N3O2. The van der Waals surface area contributed by atoms with E-state index in [2.05, 4.69) is 35.9 Å². The van der Waals surface area contributed by atoms with E-state index >= 15 is 0 Å². The van der Waals surface area contributed by atoms with Crippen LogP contribution >= 0.6 is 0 Å². The highest BCUT2D eigenvalue weighted by molar-refractivity contribution is 5.87. The molecule has 0 N–H and O–H groups in total. The van der Waals surface area contributed by atoms with E-state index in [4.69, 9.17) is 0 Å². The van der Waals surface area contributed by atoms with Gasteiger partial charge in [-0.1, -0.05) is 37.3 Å². The molecule has 2 amide bonds. The van der Waals surface area contributed by atoms with Crippen LogP contribution in [0.4, 0.5) is 0 Å². The predicted molar refractivity (Wildman–Crippen MR) is 104 cm³/mol. The van der Waals surface area contributed by atoms with Gasteiger partial charge < -0.3 is 14.4 Å². The van der Waals surface area contributed by atoms with Crippen LogP contribution in [0.25, 0.3) is 0 Å². The van der Waals surface area contributed by atoms with Gasteiger partial charge in [0, 0.05) is 37.4 Å². The molecule has 0 saturated heterocycles. The number of aromatic nitrogens is 1. The molecular weight excluding hydrogens is 338 g/mol. The van der Waals surface area contributed by atoms with Gasteiger partial charge in [0.2, 0.25) is 11.8 Å². The van der Waals surface area contributed by atoms with Gasteiger partial charge >= 0.3 is 0 Å². The lowest BCUT2D eigenvalue weighted by Gasteiger charge is -2.38. The zero-order valence-electron chi connectivity index (χ0n) is 15.9. The van der Waals surface area contributed by atoms with E-state index in [1.807, 2.05) is 29.2 Å². The first-order valence-corrected chi connectivity index (χ1v) is 9.97. The lowest BCUT2D eigenvalue weighted by Crippen LogP contribution is -2.48. The summed E-state index contributed by atoms with van der Waals surface area (Å²) in [7, 11) is 0. The third-order valence-corrected chi connectivity index (χ3v) is 5.53. The molecule has 1 fully saturated rings. The van der Waals surface area contributed by atoms with Crippen molar-refractivity contribution in [2.24, 2.45) is 5.92 Å². The lowest BCUT2D eigenvalue weighted by atomic mass is 10.00. The third kappa shape index (κ3) is 3.64. The van der Waals surface area contributed by atoms with Crippen LogP contribution in [0.1, 0.15) is 43.5 Å².